The number of aliphatic hydroxyl groups is 1. The van der Waals surface area contributed by atoms with E-state index < -0.39 is 5.60 Å². The highest BCUT2D eigenvalue weighted by Gasteiger charge is 2.32. The SMILES string of the molecule is CSc1nc(N)cc(NCC2(O)CCCC(C)C2)n1. The van der Waals surface area contributed by atoms with Crippen molar-refractivity contribution in [3.63, 3.8) is 0 Å². The maximum absolute atomic E-state index is 10.6. The lowest BCUT2D eigenvalue weighted by molar-refractivity contribution is -0.000836. The van der Waals surface area contributed by atoms with Crippen molar-refractivity contribution >= 4 is 23.4 Å². The fourth-order valence-corrected chi connectivity index (χ4v) is 3.06. The van der Waals surface area contributed by atoms with Crippen LogP contribution in [0, 0.1) is 5.92 Å². The van der Waals surface area contributed by atoms with Gasteiger partial charge in [-0.15, -0.1) is 0 Å². The molecule has 4 N–H and O–H groups in total. The van der Waals surface area contributed by atoms with E-state index in [2.05, 4.69) is 22.2 Å². The Morgan fingerprint density at radius 1 is 1.58 bits per heavy atom. The molecule has 0 aliphatic heterocycles. The molecule has 2 rings (SSSR count). The van der Waals surface area contributed by atoms with Gasteiger partial charge in [0.05, 0.1) is 5.60 Å². The zero-order chi connectivity index (χ0) is 13.9. The number of nitrogen functional groups attached to an aromatic ring is 1. The topological polar surface area (TPSA) is 84.1 Å². The second-order valence-electron chi connectivity index (χ2n) is 5.44. The van der Waals surface area contributed by atoms with Crippen LogP contribution >= 0.6 is 11.8 Å². The largest absolute Gasteiger partial charge is 0.388 e. The summed E-state index contributed by atoms with van der Waals surface area (Å²) in [5, 5.41) is 14.4. The van der Waals surface area contributed by atoms with Crippen molar-refractivity contribution in [2.45, 2.75) is 43.4 Å². The molecule has 0 radical (unpaired) electrons. The lowest BCUT2D eigenvalue weighted by Crippen LogP contribution is -2.41. The Labute approximate surface area is 118 Å². The fraction of sp³-hybridized carbons (Fsp3) is 0.692. The fourth-order valence-electron chi connectivity index (χ4n) is 2.67. The molecule has 2 unspecified atom stereocenters. The molecule has 0 saturated heterocycles. The molecule has 5 nitrogen and oxygen atoms in total. The van der Waals surface area contributed by atoms with Crippen LogP contribution in [0.1, 0.15) is 32.6 Å². The van der Waals surface area contributed by atoms with Crippen molar-refractivity contribution < 1.29 is 5.11 Å². The number of rotatable bonds is 4. The summed E-state index contributed by atoms with van der Waals surface area (Å²) in [4.78, 5) is 8.44. The predicted octanol–water partition coefficient (Wildman–Crippen LogP) is 2.13. The maximum atomic E-state index is 10.6. The minimum Gasteiger partial charge on any atom is -0.388 e. The number of anilines is 2. The van der Waals surface area contributed by atoms with Gasteiger partial charge in [0.2, 0.25) is 0 Å². The summed E-state index contributed by atoms with van der Waals surface area (Å²) >= 11 is 1.45. The molecule has 2 atom stereocenters. The third-order valence-electron chi connectivity index (χ3n) is 3.57. The number of nitrogens with two attached hydrogens (primary N) is 1. The van der Waals surface area contributed by atoms with Crippen molar-refractivity contribution in [2.75, 3.05) is 23.9 Å². The van der Waals surface area contributed by atoms with Crippen molar-refractivity contribution in [3.05, 3.63) is 6.07 Å². The molecule has 106 valence electrons. The highest BCUT2D eigenvalue weighted by molar-refractivity contribution is 7.98. The van der Waals surface area contributed by atoms with Crippen LogP contribution in [0.5, 0.6) is 0 Å². The molecule has 1 aliphatic carbocycles. The van der Waals surface area contributed by atoms with E-state index in [1.807, 2.05) is 6.26 Å². The van der Waals surface area contributed by atoms with Crippen LogP contribution in [-0.2, 0) is 0 Å². The molecule has 6 heteroatoms. The Bertz CT molecular complexity index is 443. The van der Waals surface area contributed by atoms with Crippen LogP contribution in [0.4, 0.5) is 11.6 Å². The first-order valence-electron chi connectivity index (χ1n) is 6.65. The van der Waals surface area contributed by atoms with Gasteiger partial charge in [-0.25, -0.2) is 9.97 Å². The van der Waals surface area contributed by atoms with Gasteiger partial charge in [0, 0.05) is 12.6 Å². The Kier molecular flexibility index (Phi) is 4.52. The minimum absolute atomic E-state index is 0.450. The molecule has 1 heterocycles. The molecule has 0 spiro atoms. The Morgan fingerprint density at radius 3 is 3.05 bits per heavy atom. The summed E-state index contributed by atoms with van der Waals surface area (Å²) in [5.74, 6) is 1.71. The van der Waals surface area contributed by atoms with Crippen molar-refractivity contribution in [1.29, 1.82) is 0 Å². The van der Waals surface area contributed by atoms with E-state index in [-0.39, 0.29) is 0 Å². The summed E-state index contributed by atoms with van der Waals surface area (Å²) < 4.78 is 0. The summed E-state index contributed by atoms with van der Waals surface area (Å²) in [7, 11) is 0. The second kappa shape index (κ2) is 5.96. The highest BCUT2D eigenvalue weighted by Crippen LogP contribution is 2.32. The van der Waals surface area contributed by atoms with Gasteiger partial charge in [-0.05, 0) is 25.0 Å². The van der Waals surface area contributed by atoms with Gasteiger partial charge in [0.15, 0.2) is 5.16 Å². The summed E-state index contributed by atoms with van der Waals surface area (Å²) in [6, 6.07) is 1.70. The Morgan fingerprint density at radius 2 is 2.37 bits per heavy atom. The number of aromatic nitrogens is 2. The average molecular weight is 282 g/mol. The standard InChI is InChI=1S/C13H22N4OS/c1-9-4-3-5-13(18,7-9)8-15-11-6-10(14)16-12(17-11)19-2/h6,9,18H,3-5,7-8H2,1-2H3,(H3,14,15,16,17). The van der Waals surface area contributed by atoms with E-state index in [0.717, 1.165) is 19.3 Å². The average Bonchev–Trinajstić information content (AvgIpc) is 2.35. The monoisotopic (exact) mass is 282 g/mol. The molecule has 1 saturated carbocycles. The predicted molar refractivity (Wildman–Crippen MR) is 79.3 cm³/mol. The van der Waals surface area contributed by atoms with Gasteiger partial charge in [0.1, 0.15) is 11.6 Å². The zero-order valence-electron chi connectivity index (χ0n) is 11.5. The van der Waals surface area contributed by atoms with Crippen LogP contribution in [0.25, 0.3) is 0 Å². The number of hydrogen-bond donors (Lipinski definition) is 3. The molecule has 1 aromatic rings. The molecule has 0 bridgehead atoms. The van der Waals surface area contributed by atoms with E-state index in [1.54, 1.807) is 6.07 Å². The first kappa shape index (κ1) is 14.4. The van der Waals surface area contributed by atoms with Gasteiger partial charge >= 0.3 is 0 Å². The zero-order valence-corrected chi connectivity index (χ0v) is 12.3. The number of hydrogen-bond acceptors (Lipinski definition) is 6. The van der Waals surface area contributed by atoms with E-state index >= 15 is 0 Å². The summed E-state index contributed by atoms with van der Waals surface area (Å²) in [6.45, 7) is 2.71. The molecular formula is C13H22N4OS. The number of thioether (sulfide) groups is 1. The van der Waals surface area contributed by atoms with Crippen molar-refractivity contribution in [1.82, 2.24) is 9.97 Å². The molecule has 19 heavy (non-hydrogen) atoms. The van der Waals surface area contributed by atoms with Gasteiger partial charge < -0.3 is 16.2 Å². The summed E-state index contributed by atoms with van der Waals surface area (Å²) in [5.41, 5.74) is 5.10. The molecular weight excluding hydrogens is 260 g/mol. The summed E-state index contributed by atoms with van der Waals surface area (Å²) in [6.07, 6.45) is 5.89. The second-order valence-corrected chi connectivity index (χ2v) is 6.22. The minimum atomic E-state index is -0.628. The Hall–Kier alpha value is -1.01. The first-order chi connectivity index (χ1) is 9.00. The molecule has 1 aromatic heterocycles. The van der Waals surface area contributed by atoms with E-state index in [9.17, 15) is 5.11 Å². The van der Waals surface area contributed by atoms with Crippen LogP contribution in [0.15, 0.2) is 11.2 Å². The van der Waals surface area contributed by atoms with Gasteiger partial charge in [0.25, 0.3) is 0 Å². The Balaban J connectivity index is 1.99. The van der Waals surface area contributed by atoms with Crippen LogP contribution in [0.2, 0.25) is 0 Å². The third-order valence-corrected chi connectivity index (χ3v) is 4.12. The van der Waals surface area contributed by atoms with E-state index in [4.69, 9.17) is 5.73 Å². The smallest absolute Gasteiger partial charge is 0.191 e. The number of nitrogens with zero attached hydrogens (tertiary/aromatic N) is 2. The van der Waals surface area contributed by atoms with Crippen LogP contribution in [-0.4, -0.2) is 33.5 Å². The van der Waals surface area contributed by atoms with Gasteiger partial charge in [-0.3, -0.25) is 0 Å². The third kappa shape index (κ3) is 3.98. The van der Waals surface area contributed by atoms with Gasteiger partial charge in [-0.1, -0.05) is 31.5 Å². The molecule has 0 amide bonds. The maximum Gasteiger partial charge on any atom is 0.191 e. The van der Waals surface area contributed by atoms with Crippen LogP contribution in [0.3, 0.4) is 0 Å². The van der Waals surface area contributed by atoms with E-state index in [1.165, 1.54) is 18.2 Å². The molecule has 0 aromatic carbocycles. The van der Waals surface area contributed by atoms with Crippen molar-refractivity contribution in [3.8, 4) is 0 Å². The quantitative estimate of drug-likeness (QED) is 0.579. The van der Waals surface area contributed by atoms with Crippen molar-refractivity contribution in [2.24, 2.45) is 5.92 Å². The lowest BCUT2D eigenvalue weighted by atomic mass is 9.79. The normalized spacial score (nSPS) is 27.2. The molecule has 1 aliphatic rings. The highest BCUT2D eigenvalue weighted by atomic mass is 32.2. The van der Waals surface area contributed by atoms with Crippen LogP contribution < -0.4 is 11.1 Å². The van der Waals surface area contributed by atoms with E-state index in [0.29, 0.717) is 29.3 Å². The molecule has 1 fully saturated rings. The first-order valence-corrected chi connectivity index (χ1v) is 7.88. The number of nitrogens with one attached hydrogen (secondary N) is 1. The van der Waals surface area contributed by atoms with Gasteiger partial charge in [-0.2, -0.15) is 0 Å². The lowest BCUT2D eigenvalue weighted by Gasteiger charge is -2.35.